The van der Waals surface area contributed by atoms with Crippen LogP contribution in [0, 0.1) is 23.2 Å². The number of aliphatic hydroxyl groups excluding tert-OH is 1. The molecule has 2 rings (SSSR count). The van der Waals surface area contributed by atoms with Gasteiger partial charge in [0.2, 0.25) is 17.8 Å². The molecule has 40 heavy (non-hydrogen) atoms. The van der Waals surface area contributed by atoms with Gasteiger partial charge in [-0.1, -0.05) is 24.8 Å². The topological polar surface area (TPSA) is 147 Å². The first-order valence-electron chi connectivity index (χ1n) is 13.1. The SMILES string of the molecule is CCCNc1nc(Nc2ccc(C#N)cc2)ncc1C#CCCCNC(=O)[C@H](CO)N(C)C(=O)C=CCN(C)C. The molecule has 0 fully saturated rings. The number of unbranched alkanes of at least 4 members (excludes halogenated alkanes) is 1. The fourth-order valence-electron chi connectivity index (χ4n) is 3.35. The van der Waals surface area contributed by atoms with E-state index in [1.807, 2.05) is 19.0 Å². The summed E-state index contributed by atoms with van der Waals surface area (Å²) in [6.07, 6.45) is 6.78. The van der Waals surface area contributed by atoms with Gasteiger partial charge in [0.05, 0.1) is 30.0 Å². The number of carbonyl (C=O) groups excluding carboxylic acids is 2. The van der Waals surface area contributed by atoms with Crippen LogP contribution in [0.3, 0.4) is 0 Å². The Morgan fingerprint density at radius 2 is 1.93 bits per heavy atom. The fourth-order valence-corrected chi connectivity index (χ4v) is 3.35. The van der Waals surface area contributed by atoms with Gasteiger partial charge in [0, 0.05) is 44.9 Å². The highest BCUT2D eigenvalue weighted by Gasteiger charge is 2.24. The maximum Gasteiger partial charge on any atom is 0.246 e. The zero-order chi connectivity index (χ0) is 29.3. The van der Waals surface area contributed by atoms with E-state index >= 15 is 0 Å². The fraction of sp³-hybridized carbons (Fsp3) is 0.414. The third-order valence-electron chi connectivity index (χ3n) is 5.62. The Hall–Kier alpha value is -4.45. The Morgan fingerprint density at radius 3 is 2.58 bits per heavy atom. The molecule has 0 bridgehead atoms. The number of likely N-dealkylation sites (N-methyl/N-ethyl adjacent to an activating group) is 2. The zero-order valence-corrected chi connectivity index (χ0v) is 23.6. The maximum absolute atomic E-state index is 12.5. The Kier molecular flexibility index (Phi) is 13.7. The molecule has 11 nitrogen and oxygen atoms in total. The molecular weight excluding hydrogens is 508 g/mol. The van der Waals surface area contributed by atoms with E-state index in [9.17, 15) is 14.7 Å². The summed E-state index contributed by atoms with van der Waals surface area (Å²) in [5.74, 6) is 6.44. The van der Waals surface area contributed by atoms with E-state index < -0.39 is 18.6 Å². The summed E-state index contributed by atoms with van der Waals surface area (Å²) in [6.45, 7) is 3.26. The van der Waals surface area contributed by atoms with Crippen molar-refractivity contribution in [1.82, 2.24) is 25.1 Å². The highest BCUT2D eigenvalue weighted by Crippen LogP contribution is 2.18. The van der Waals surface area contributed by atoms with Gasteiger partial charge in [-0.05, 0) is 51.2 Å². The number of anilines is 3. The third kappa shape index (κ3) is 10.7. The number of rotatable bonds is 14. The van der Waals surface area contributed by atoms with Crippen molar-refractivity contribution in [2.75, 3.05) is 58.0 Å². The predicted octanol–water partition coefficient (Wildman–Crippen LogP) is 2.10. The minimum absolute atomic E-state index is 0.352. The lowest BCUT2D eigenvalue weighted by Crippen LogP contribution is -2.49. The highest BCUT2D eigenvalue weighted by atomic mass is 16.3. The number of amides is 2. The van der Waals surface area contributed by atoms with Gasteiger partial charge in [-0.15, -0.1) is 0 Å². The number of nitriles is 1. The standard InChI is InChI=1S/C29H38N8O3/c1-5-16-31-27-23(20-33-29(35-27)34-24-14-12-22(19-30)13-15-24)10-7-6-8-17-32-28(40)25(21-38)37(4)26(39)11-9-18-36(2)3/h9,11-15,20,25,38H,5-6,8,16-18,21H2,1-4H3,(H,32,40)(H2,31,33,34,35)/t25-/m0/s1. The lowest BCUT2D eigenvalue weighted by atomic mass is 10.2. The summed E-state index contributed by atoms with van der Waals surface area (Å²) >= 11 is 0. The van der Waals surface area contributed by atoms with Gasteiger partial charge < -0.3 is 30.9 Å². The van der Waals surface area contributed by atoms with Crippen LogP contribution in [-0.4, -0.2) is 90.1 Å². The van der Waals surface area contributed by atoms with Gasteiger partial charge in [0.15, 0.2) is 0 Å². The molecule has 2 aromatic rings. The molecule has 2 amide bonds. The number of benzene rings is 1. The van der Waals surface area contributed by atoms with Crippen molar-refractivity contribution in [3.8, 4) is 17.9 Å². The summed E-state index contributed by atoms with van der Waals surface area (Å²) in [5.41, 5.74) is 1.99. The van der Waals surface area contributed by atoms with Crippen molar-refractivity contribution in [1.29, 1.82) is 5.26 Å². The van der Waals surface area contributed by atoms with Gasteiger partial charge in [0.1, 0.15) is 11.9 Å². The number of carbonyl (C=O) groups is 2. The lowest BCUT2D eigenvalue weighted by Gasteiger charge is -2.24. The van der Waals surface area contributed by atoms with E-state index in [1.165, 1.54) is 18.0 Å². The molecule has 0 aliphatic rings. The van der Waals surface area contributed by atoms with Crippen molar-refractivity contribution in [2.45, 2.75) is 32.2 Å². The number of nitrogens with one attached hydrogen (secondary N) is 3. The molecule has 4 N–H and O–H groups in total. The second kappa shape index (κ2) is 17.2. The first-order valence-corrected chi connectivity index (χ1v) is 13.1. The van der Waals surface area contributed by atoms with E-state index in [4.69, 9.17) is 5.26 Å². The molecule has 11 heteroatoms. The Bertz CT molecular complexity index is 1240. The molecule has 0 radical (unpaired) electrons. The number of hydrogen-bond donors (Lipinski definition) is 4. The molecule has 0 saturated heterocycles. The molecule has 0 aliphatic heterocycles. The van der Waals surface area contributed by atoms with Crippen molar-refractivity contribution in [3.05, 3.63) is 53.7 Å². The van der Waals surface area contributed by atoms with Crippen molar-refractivity contribution >= 4 is 29.3 Å². The molecule has 1 aromatic carbocycles. The lowest BCUT2D eigenvalue weighted by molar-refractivity contribution is -0.137. The minimum atomic E-state index is -0.969. The van der Waals surface area contributed by atoms with Gasteiger partial charge >= 0.3 is 0 Å². The molecule has 1 heterocycles. The van der Waals surface area contributed by atoms with E-state index in [0.29, 0.717) is 48.8 Å². The van der Waals surface area contributed by atoms with Gasteiger partial charge in [-0.25, -0.2) is 4.98 Å². The Labute approximate surface area is 236 Å². The van der Waals surface area contributed by atoms with Crippen LogP contribution in [0.1, 0.15) is 37.3 Å². The quantitative estimate of drug-likeness (QED) is 0.159. The van der Waals surface area contributed by atoms with Crippen LogP contribution in [0.5, 0.6) is 0 Å². The molecule has 212 valence electrons. The first kappa shape index (κ1) is 31.8. The van der Waals surface area contributed by atoms with E-state index in [0.717, 1.165) is 18.7 Å². The van der Waals surface area contributed by atoms with E-state index in [-0.39, 0.29) is 5.91 Å². The van der Waals surface area contributed by atoms with Crippen LogP contribution in [0.25, 0.3) is 0 Å². The predicted molar refractivity (Wildman–Crippen MR) is 156 cm³/mol. The van der Waals surface area contributed by atoms with Crippen LogP contribution >= 0.6 is 0 Å². The first-order chi connectivity index (χ1) is 19.3. The van der Waals surface area contributed by atoms with E-state index in [2.05, 4.69) is 50.8 Å². The van der Waals surface area contributed by atoms with Crippen molar-refractivity contribution < 1.29 is 14.7 Å². The largest absolute Gasteiger partial charge is 0.394 e. The van der Waals surface area contributed by atoms with Gasteiger partial charge in [0.25, 0.3) is 0 Å². The minimum Gasteiger partial charge on any atom is -0.394 e. The van der Waals surface area contributed by atoms with Gasteiger partial charge in [-0.3, -0.25) is 9.59 Å². The molecule has 1 aromatic heterocycles. The Morgan fingerprint density at radius 1 is 1.18 bits per heavy atom. The number of nitrogens with zero attached hydrogens (tertiary/aromatic N) is 5. The third-order valence-corrected chi connectivity index (χ3v) is 5.62. The second-order valence-electron chi connectivity index (χ2n) is 9.21. The molecule has 0 aliphatic carbocycles. The van der Waals surface area contributed by atoms with Crippen LogP contribution in [0.15, 0.2) is 42.6 Å². The molecule has 0 saturated carbocycles. The van der Waals surface area contributed by atoms with Crippen LogP contribution in [-0.2, 0) is 9.59 Å². The van der Waals surface area contributed by atoms with Crippen molar-refractivity contribution in [3.63, 3.8) is 0 Å². The molecule has 1 atom stereocenters. The van der Waals surface area contributed by atoms with Gasteiger partial charge in [-0.2, -0.15) is 10.2 Å². The van der Waals surface area contributed by atoms with E-state index in [1.54, 1.807) is 36.5 Å². The number of aromatic nitrogens is 2. The number of hydrogen-bond acceptors (Lipinski definition) is 9. The van der Waals surface area contributed by atoms with Crippen molar-refractivity contribution in [2.24, 2.45) is 0 Å². The zero-order valence-electron chi connectivity index (χ0n) is 23.6. The highest BCUT2D eigenvalue weighted by molar-refractivity contribution is 5.92. The number of aliphatic hydroxyl groups is 1. The average Bonchev–Trinajstić information content (AvgIpc) is 2.94. The van der Waals surface area contributed by atoms with Crippen LogP contribution in [0.4, 0.5) is 17.5 Å². The summed E-state index contributed by atoms with van der Waals surface area (Å²) in [4.78, 5) is 36.9. The normalized spacial score (nSPS) is 11.3. The molecule has 0 spiro atoms. The smallest absolute Gasteiger partial charge is 0.246 e. The summed E-state index contributed by atoms with van der Waals surface area (Å²) in [5, 5.41) is 27.8. The average molecular weight is 547 g/mol. The summed E-state index contributed by atoms with van der Waals surface area (Å²) in [7, 11) is 5.26. The molecular formula is C29H38N8O3. The summed E-state index contributed by atoms with van der Waals surface area (Å²) in [6, 6.07) is 8.13. The van der Waals surface area contributed by atoms with Crippen LogP contribution < -0.4 is 16.0 Å². The van der Waals surface area contributed by atoms with Crippen LogP contribution in [0.2, 0.25) is 0 Å². The second-order valence-corrected chi connectivity index (χ2v) is 9.21. The monoisotopic (exact) mass is 546 g/mol. The Balaban J connectivity index is 1.91. The molecule has 0 unspecified atom stereocenters. The maximum atomic E-state index is 12.5. The summed E-state index contributed by atoms with van der Waals surface area (Å²) < 4.78 is 0.